The third-order valence-corrected chi connectivity index (χ3v) is 4.06. The summed E-state index contributed by atoms with van der Waals surface area (Å²) in [6.45, 7) is 3.85. The molecule has 1 aliphatic rings. The molecule has 5 nitrogen and oxygen atoms in total. The van der Waals surface area contributed by atoms with Gasteiger partial charge in [0.25, 0.3) is 5.91 Å². The number of benzene rings is 1. The summed E-state index contributed by atoms with van der Waals surface area (Å²) >= 11 is 0. The number of hydrogen-bond acceptors (Lipinski definition) is 3. The van der Waals surface area contributed by atoms with Crippen LogP contribution in [0, 0.1) is 11.2 Å². The smallest absolute Gasteiger partial charge is 0.256 e. The summed E-state index contributed by atoms with van der Waals surface area (Å²) in [5.74, 6) is -0.621. The standard InChI is InChI=1S/C14H17FN4O.2ClH/c1-14(6-16)2-3-19(7-14)13(20)10-4-9(15)5-11-12(10)18-8-17-11;;/h4-5,8H,2-3,6-7,16H2,1H3,(H,17,18);2*1H. The second-order valence-corrected chi connectivity index (χ2v) is 5.74. The van der Waals surface area contributed by atoms with Crippen LogP contribution in [0.1, 0.15) is 23.7 Å². The maximum atomic E-state index is 13.6. The second kappa shape index (κ2) is 6.81. The molecule has 1 atom stereocenters. The van der Waals surface area contributed by atoms with Gasteiger partial charge in [0, 0.05) is 13.1 Å². The van der Waals surface area contributed by atoms with E-state index in [9.17, 15) is 9.18 Å². The summed E-state index contributed by atoms with van der Waals surface area (Å²) in [7, 11) is 0. The molecule has 2 heterocycles. The number of imidazole rings is 1. The van der Waals surface area contributed by atoms with Gasteiger partial charge in [-0.15, -0.1) is 24.8 Å². The summed E-state index contributed by atoms with van der Waals surface area (Å²) in [6.07, 6.45) is 2.34. The molecule has 3 rings (SSSR count). The maximum absolute atomic E-state index is 13.6. The highest BCUT2D eigenvalue weighted by molar-refractivity contribution is 6.04. The van der Waals surface area contributed by atoms with Crippen molar-refractivity contribution in [2.45, 2.75) is 13.3 Å². The fourth-order valence-corrected chi connectivity index (χ4v) is 2.71. The van der Waals surface area contributed by atoms with Gasteiger partial charge in [0.15, 0.2) is 0 Å². The van der Waals surface area contributed by atoms with Gasteiger partial charge in [-0.1, -0.05) is 6.92 Å². The van der Waals surface area contributed by atoms with Crippen LogP contribution in [0.15, 0.2) is 18.5 Å². The number of amides is 1. The van der Waals surface area contributed by atoms with Crippen molar-refractivity contribution in [2.75, 3.05) is 19.6 Å². The number of H-pyrrole nitrogens is 1. The molecular formula is C14H19Cl2FN4O. The van der Waals surface area contributed by atoms with E-state index in [4.69, 9.17) is 5.73 Å². The Morgan fingerprint density at radius 1 is 1.50 bits per heavy atom. The molecule has 2 aromatic rings. The van der Waals surface area contributed by atoms with E-state index in [1.807, 2.05) is 0 Å². The van der Waals surface area contributed by atoms with Crippen molar-refractivity contribution in [2.24, 2.45) is 11.1 Å². The highest BCUT2D eigenvalue weighted by atomic mass is 35.5. The maximum Gasteiger partial charge on any atom is 0.256 e. The van der Waals surface area contributed by atoms with Gasteiger partial charge in [-0.25, -0.2) is 9.37 Å². The number of hydrogen-bond donors (Lipinski definition) is 2. The number of aromatic amines is 1. The number of nitrogens with two attached hydrogens (primary N) is 1. The van der Waals surface area contributed by atoms with E-state index in [2.05, 4.69) is 16.9 Å². The van der Waals surface area contributed by atoms with Crippen LogP contribution in [0.5, 0.6) is 0 Å². The zero-order chi connectivity index (χ0) is 14.3. The first-order valence-corrected chi connectivity index (χ1v) is 6.64. The lowest BCUT2D eigenvalue weighted by molar-refractivity contribution is 0.0778. The molecule has 22 heavy (non-hydrogen) atoms. The Morgan fingerprint density at radius 3 is 2.86 bits per heavy atom. The first kappa shape index (κ1) is 18.7. The number of nitrogens with one attached hydrogen (secondary N) is 1. The van der Waals surface area contributed by atoms with Gasteiger partial charge < -0.3 is 15.6 Å². The summed E-state index contributed by atoms with van der Waals surface area (Å²) in [5.41, 5.74) is 7.06. The molecule has 1 saturated heterocycles. The summed E-state index contributed by atoms with van der Waals surface area (Å²) in [5, 5.41) is 0. The Hall–Kier alpha value is -1.37. The number of rotatable bonds is 2. The minimum atomic E-state index is -0.439. The van der Waals surface area contributed by atoms with Crippen LogP contribution in [0.25, 0.3) is 11.0 Å². The molecule has 1 aliphatic heterocycles. The fourth-order valence-electron chi connectivity index (χ4n) is 2.71. The molecule has 1 unspecified atom stereocenters. The van der Waals surface area contributed by atoms with Crippen LogP contribution in [0.4, 0.5) is 4.39 Å². The molecule has 122 valence electrons. The lowest BCUT2D eigenvalue weighted by Gasteiger charge is -2.22. The van der Waals surface area contributed by atoms with Gasteiger partial charge >= 0.3 is 0 Å². The Kier molecular flexibility index (Phi) is 5.78. The number of aromatic nitrogens is 2. The van der Waals surface area contributed by atoms with Crippen LogP contribution < -0.4 is 5.73 Å². The molecule has 1 aromatic carbocycles. The highest BCUT2D eigenvalue weighted by Crippen LogP contribution is 2.30. The fraction of sp³-hybridized carbons (Fsp3) is 0.429. The monoisotopic (exact) mass is 348 g/mol. The van der Waals surface area contributed by atoms with Crippen LogP contribution in [-0.2, 0) is 0 Å². The number of carbonyl (C=O) groups excluding carboxylic acids is 1. The average Bonchev–Trinajstić information content (AvgIpc) is 3.04. The summed E-state index contributed by atoms with van der Waals surface area (Å²) < 4.78 is 13.6. The molecule has 0 aliphatic carbocycles. The molecule has 1 aromatic heterocycles. The molecule has 1 fully saturated rings. The third kappa shape index (κ3) is 3.19. The number of nitrogens with zero attached hydrogens (tertiary/aromatic N) is 2. The molecule has 0 radical (unpaired) electrons. The van der Waals surface area contributed by atoms with Crippen molar-refractivity contribution in [1.82, 2.24) is 14.9 Å². The molecule has 0 saturated carbocycles. The van der Waals surface area contributed by atoms with Crippen LogP contribution >= 0.6 is 24.8 Å². The quantitative estimate of drug-likeness (QED) is 0.874. The van der Waals surface area contributed by atoms with Crippen molar-refractivity contribution in [3.05, 3.63) is 29.8 Å². The zero-order valence-electron chi connectivity index (χ0n) is 12.1. The molecule has 0 spiro atoms. The molecule has 0 bridgehead atoms. The van der Waals surface area contributed by atoms with Gasteiger partial charge in [-0.3, -0.25) is 4.79 Å². The minimum Gasteiger partial charge on any atom is -0.344 e. The van der Waals surface area contributed by atoms with E-state index in [0.717, 1.165) is 6.42 Å². The molecular weight excluding hydrogens is 330 g/mol. The van der Waals surface area contributed by atoms with Crippen LogP contribution in [0.3, 0.4) is 0 Å². The van der Waals surface area contributed by atoms with Crippen molar-refractivity contribution in [1.29, 1.82) is 0 Å². The third-order valence-electron chi connectivity index (χ3n) is 4.06. The van der Waals surface area contributed by atoms with Crippen molar-refractivity contribution in [3.8, 4) is 0 Å². The van der Waals surface area contributed by atoms with Crippen LogP contribution in [-0.4, -0.2) is 40.4 Å². The van der Waals surface area contributed by atoms with Crippen molar-refractivity contribution < 1.29 is 9.18 Å². The van der Waals surface area contributed by atoms with Gasteiger partial charge in [-0.2, -0.15) is 0 Å². The van der Waals surface area contributed by atoms with Gasteiger partial charge in [0.1, 0.15) is 11.3 Å². The van der Waals surface area contributed by atoms with E-state index < -0.39 is 5.82 Å². The first-order valence-electron chi connectivity index (χ1n) is 6.64. The summed E-state index contributed by atoms with van der Waals surface area (Å²) in [6, 6.07) is 2.59. The Bertz CT molecular complexity index is 678. The SMILES string of the molecule is CC1(CN)CCN(C(=O)c2cc(F)cc3[nH]cnc23)C1.Cl.Cl. The highest BCUT2D eigenvalue weighted by Gasteiger charge is 2.35. The lowest BCUT2D eigenvalue weighted by atomic mass is 9.90. The predicted molar refractivity (Wildman–Crippen MR) is 88.2 cm³/mol. The Labute approximate surface area is 140 Å². The lowest BCUT2D eigenvalue weighted by Crippen LogP contribution is -2.34. The number of halogens is 3. The van der Waals surface area contributed by atoms with Crippen molar-refractivity contribution in [3.63, 3.8) is 0 Å². The molecule has 3 N–H and O–H groups in total. The number of carbonyl (C=O) groups is 1. The Balaban J connectivity index is 0.00000121. The van der Waals surface area contributed by atoms with E-state index in [1.165, 1.54) is 18.5 Å². The van der Waals surface area contributed by atoms with E-state index >= 15 is 0 Å². The number of likely N-dealkylation sites (tertiary alicyclic amines) is 1. The molecule has 1 amide bonds. The van der Waals surface area contributed by atoms with E-state index in [0.29, 0.717) is 36.2 Å². The average molecular weight is 349 g/mol. The van der Waals surface area contributed by atoms with Crippen molar-refractivity contribution >= 4 is 41.8 Å². The topological polar surface area (TPSA) is 75.0 Å². The van der Waals surface area contributed by atoms with Crippen LogP contribution in [0.2, 0.25) is 0 Å². The van der Waals surface area contributed by atoms with E-state index in [-0.39, 0.29) is 36.1 Å². The first-order chi connectivity index (χ1) is 9.52. The van der Waals surface area contributed by atoms with Gasteiger partial charge in [0.05, 0.1) is 17.4 Å². The molecule has 8 heteroatoms. The van der Waals surface area contributed by atoms with Gasteiger partial charge in [-0.05, 0) is 30.5 Å². The zero-order valence-corrected chi connectivity index (χ0v) is 13.8. The van der Waals surface area contributed by atoms with Gasteiger partial charge in [0.2, 0.25) is 0 Å². The predicted octanol–water partition coefficient (Wildman–Crippen LogP) is 2.36. The normalized spacial score (nSPS) is 20.6. The van der Waals surface area contributed by atoms with E-state index in [1.54, 1.807) is 4.90 Å². The summed E-state index contributed by atoms with van der Waals surface area (Å²) in [4.78, 5) is 21.3. The Morgan fingerprint density at radius 2 is 2.23 bits per heavy atom. The largest absolute Gasteiger partial charge is 0.344 e. The number of fused-ring (bicyclic) bond motifs is 1. The minimum absolute atomic E-state index is 0. The second-order valence-electron chi connectivity index (χ2n) is 5.74.